The van der Waals surface area contributed by atoms with Crippen molar-refractivity contribution in [2.24, 2.45) is 17.6 Å². The Balaban J connectivity index is -0.000000490. The highest BCUT2D eigenvalue weighted by molar-refractivity contribution is 7.45. The Labute approximate surface area is 211 Å². The zero-order valence-electron chi connectivity index (χ0n) is 23.3. The molecular formula is C26H60NO6P. The first-order valence-corrected chi connectivity index (χ1v) is 15.3. The number of hydrogen-bond donors (Lipinski definition) is 5. The minimum atomic E-state index is -4.64. The molecule has 0 aliphatic heterocycles. The van der Waals surface area contributed by atoms with Crippen LogP contribution in [0.3, 0.4) is 0 Å². The standard InChI is InChI=1S/C16H34O.C10H23NO.H3O4P/c1-5-9-11-15(7-3)13-17-14-16(8-4)12-10-6-2;1-3-5-7-10(12,9-11)8-6-4-2;1-5(2,3)4/h15-16H,5-14H2,1-4H3;12H,3-9,11H2,1-2H3;(H3,1,2,3,4). The summed E-state index contributed by atoms with van der Waals surface area (Å²) >= 11 is 0. The van der Waals surface area contributed by atoms with Crippen molar-refractivity contribution >= 4 is 7.82 Å². The first kappa shape index (κ1) is 38.5. The topological polar surface area (TPSA) is 133 Å². The van der Waals surface area contributed by atoms with E-state index in [1.807, 2.05) is 0 Å². The second-order valence-electron chi connectivity index (χ2n) is 9.52. The van der Waals surface area contributed by atoms with E-state index in [4.69, 9.17) is 29.7 Å². The first-order valence-electron chi connectivity index (χ1n) is 13.7. The van der Waals surface area contributed by atoms with Crippen molar-refractivity contribution in [3.05, 3.63) is 0 Å². The van der Waals surface area contributed by atoms with Crippen LogP contribution in [0.2, 0.25) is 0 Å². The van der Waals surface area contributed by atoms with Gasteiger partial charge in [0.05, 0.1) is 5.60 Å². The smallest absolute Gasteiger partial charge is 0.389 e. The maximum atomic E-state index is 9.96. The van der Waals surface area contributed by atoms with Crippen LogP contribution in [0, 0.1) is 11.8 Å². The summed E-state index contributed by atoms with van der Waals surface area (Å²) in [6.07, 6.45) is 16.7. The van der Waals surface area contributed by atoms with Crippen LogP contribution < -0.4 is 5.73 Å². The van der Waals surface area contributed by atoms with Crippen LogP contribution in [0.15, 0.2) is 0 Å². The molecule has 0 amide bonds. The molecule has 8 heteroatoms. The Morgan fingerprint density at radius 3 is 1.29 bits per heavy atom. The molecule has 0 bridgehead atoms. The van der Waals surface area contributed by atoms with Crippen molar-refractivity contribution in [3.8, 4) is 0 Å². The van der Waals surface area contributed by atoms with Crippen LogP contribution in [0.4, 0.5) is 0 Å². The Morgan fingerprint density at radius 2 is 1.06 bits per heavy atom. The van der Waals surface area contributed by atoms with Gasteiger partial charge < -0.3 is 30.3 Å². The third kappa shape index (κ3) is 32.0. The van der Waals surface area contributed by atoms with Crippen molar-refractivity contribution in [3.63, 3.8) is 0 Å². The Hall–Kier alpha value is -0.0100. The van der Waals surface area contributed by atoms with E-state index < -0.39 is 13.4 Å². The van der Waals surface area contributed by atoms with Crippen LogP contribution >= 0.6 is 7.82 Å². The van der Waals surface area contributed by atoms with Gasteiger partial charge in [0.25, 0.3) is 0 Å². The molecule has 0 aromatic heterocycles. The van der Waals surface area contributed by atoms with E-state index in [1.54, 1.807) is 0 Å². The molecule has 0 spiro atoms. The SMILES string of the molecule is CCCCC(CC)COCC(CC)CCCC.CCCCC(O)(CN)CCCC.O=P(O)(O)O. The van der Waals surface area contributed by atoms with Crippen LogP contribution in [0.25, 0.3) is 0 Å². The highest BCUT2D eigenvalue weighted by Crippen LogP contribution is 2.25. The average Bonchev–Trinajstić information content (AvgIpc) is 2.80. The molecule has 0 saturated heterocycles. The molecule has 0 fully saturated rings. The molecule has 0 aliphatic carbocycles. The lowest BCUT2D eigenvalue weighted by Gasteiger charge is -2.26. The van der Waals surface area contributed by atoms with Gasteiger partial charge in [-0.2, -0.15) is 0 Å². The van der Waals surface area contributed by atoms with E-state index in [-0.39, 0.29) is 0 Å². The molecule has 0 aliphatic rings. The average molecular weight is 514 g/mol. The molecule has 2 unspecified atom stereocenters. The van der Waals surface area contributed by atoms with Gasteiger partial charge in [-0.3, -0.25) is 0 Å². The molecule has 0 aromatic carbocycles. The fourth-order valence-corrected chi connectivity index (χ4v) is 3.54. The van der Waals surface area contributed by atoms with Gasteiger partial charge in [0.2, 0.25) is 0 Å². The van der Waals surface area contributed by atoms with Crippen LogP contribution in [0.5, 0.6) is 0 Å². The summed E-state index contributed by atoms with van der Waals surface area (Å²) in [6.45, 7) is 15.8. The van der Waals surface area contributed by atoms with Crippen molar-refractivity contribution in [1.82, 2.24) is 0 Å². The number of hydrogen-bond acceptors (Lipinski definition) is 4. The van der Waals surface area contributed by atoms with E-state index in [2.05, 4.69) is 41.5 Å². The maximum absolute atomic E-state index is 9.96. The van der Waals surface area contributed by atoms with Gasteiger partial charge in [-0.05, 0) is 37.5 Å². The Kier molecular flexibility index (Phi) is 29.5. The third-order valence-electron chi connectivity index (χ3n) is 6.16. The summed E-state index contributed by atoms with van der Waals surface area (Å²) in [5, 5.41) is 9.96. The van der Waals surface area contributed by atoms with Gasteiger partial charge in [-0.15, -0.1) is 0 Å². The summed E-state index contributed by atoms with van der Waals surface area (Å²) in [6, 6.07) is 0. The largest absolute Gasteiger partial charge is 0.466 e. The molecule has 7 nitrogen and oxygen atoms in total. The monoisotopic (exact) mass is 513 g/mol. The number of rotatable bonds is 19. The van der Waals surface area contributed by atoms with E-state index in [0.29, 0.717) is 6.54 Å². The molecule has 210 valence electrons. The first-order chi connectivity index (χ1) is 16.0. The molecular weight excluding hydrogens is 453 g/mol. The normalized spacial score (nSPS) is 13.4. The van der Waals surface area contributed by atoms with E-state index >= 15 is 0 Å². The summed E-state index contributed by atoms with van der Waals surface area (Å²) in [7, 11) is -4.64. The second-order valence-corrected chi connectivity index (χ2v) is 10.5. The minimum Gasteiger partial charge on any atom is -0.389 e. The Morgan fingerprint density at radius 1 is 0.735 bits per heavy atom. The lowest BCUT2D eigenvalue weighted by atomic mass is 9.91. The van der Waals surface area contributed by atoms with E-state index in [1.165, 1.54) is 51.4 Å². The number of unbranched alkanes of at least 4 members (excludes halogenated alkanes) is 4. The number of aliphatic hydroxyl groups is 1. The van der Waals surface area contributed by atoms with Crippen molar-refractivity contribution in [2.45, 2.75) is 137 Å². The molecule has 6 N–H and O–H groups in total. The Bertz CT molecular complexity index is 415. The van der Waals surface area contributed by atoms with Gasteiger partial charge in [0.1, 0.15) is 0 Å². The van der Waals surface area contributed by atoms with E-state index in [0.717, 1.165) is 63.6 Å². The summed E-state index contributed by atoms with van der Waals surface area (Å²) in [4.78, 5) is 21.6. The predicted octanol–water partition coefficient (Wildman–Crippen LogP) is 6.56. The fraction of sp³-hybridized carbons (Fsp3) is 1.00. The van der Waals surface area contributed by atoms with Crippen LogP contribution in [-0.2, 0) is 9.30 Å². The second kappa shape index (κ2) is 26.1. The van der Waals surface area contributed by atoms with Gasteiger partial charge in [0, 0.05) is 19.8 Å². The zero-order chi connectivity index (χ0) is 26.9. The summed E-state index contributed by atoms with van der Waals surface area (Å²) in [5.41, 5.74) is 4.96. The van der Waals surface area contributed by atoms with Crippen molar-refractivity contribution in [2.75, 3.05) is 19.8 Å². The zero-order valence-corrected chi connectivity index (χ0v) is 24.2. The van der Waals surface area contributed by atoms with Crippen molar-refractivity contribution in [1.29, 1.82) is 0 Å². The van der Waals surface area contributed by atoms with Gasteiger partial charge >= 0.3 is 7.82 Å². The number of ether oxygens (including phenoxy) is 1. The molecule has 0 aromatic rings. The minimum absolute atomic E-state index is 0.410. The molecule has 2 atom stereocenters. The molecule has 0 saturated carbocycles. The lowest BCUT2D eigenvalue weighted by Crippen LogP contribution is -2.37. The molecule has 34 heavy (non-hydrogen) atoms. The van der Waals surface area contributed by atoms with Gasteiger partial charge in [-0.1, -0.05) is 106 Å². The van der Waals surface area contributed by atoms with E-state index in [9.17, 15) is 5.11 Å². The molecule has 0 radical (unpaired) electrons. The quantitative estimate of drug-likeness (QED) is 0.123. The van der Waals surface area contributed by atoms with Gasteiger partial charge in [0.15, 0.2) is 0 Å². The predicted molar refractivity (Wildman–Crippen MR) is 145 cm³/mol. The summed E-state index contributed by atoms with van der Waals surface area (Å²) in [5.74, 6) is 1.58. The van der Waals surface area contributed by atoms with Crippen LogP contribution in [-0.4, -0.2) is 45.1 Å². The highest BCUT2D eigenvalue weighted by atomic mass is 31.2. The third-order valence-corrected chi connectivity index (χ3v) is 6.16. The van der Waals surface area contributed by atoms with Gasteiger partial charge in [-0.25, -0.2) is 4.57 Å². The summed E-state index contributed by atoms with van der Waals surface area (Å²) < 4.78 is 14.8. The highest BCUT2D eigenvalue weighted by Gasteiger charge is 2.22. The number of phosphoric acid groups is 1. The maximum Gasteiger partial charge on any atom is 0.466 e. The molecule has 0 rings (SSSR count). The number of nitrogens with two attached hydrogens (primary N) is 1. The van der Waals surface area contributed by atoms with Crippen molar-refractivity contribution < 1.29 is 29.1 Å². The fourth-order valence-electron chi connectivity index (χ4n) is 3.54. The lowest BCUT2D eigenvalue weighted by molar-refractivity contribution is 0.0273. The van der Waals surface area contributed by atoms with Crippen LogP contribution in [0.1, 0.15) is 131 Å². The molecule has 0 heterocycles.